The van der Waals surface area contributed by atoms with Crippen molar-refractivity contribution in [2.24, 2.45) is 0 Å². The third kappa shape index (κ3) is 3.98. The van der Waals surface area contributed by atoms with Crippen LogP contribution in [0.1, 0.15) is 43.8 Å². The lowest BCUT2D eigenvalue weighted by Crippen LogP contribution is -2.28. The number of nitrogens with zero attached hydrogens (tertiary/aromatic N) is 3. The molecule has 0 aliphatic rings. The number of nitrogens with one attached hydrogen (secondary N) is 1. The molecule has 0 radical (unpaired) electrons. The molecule has 0 aliphatic carbocycles. The highest BCUT2D eigenvalue weighted by Gasteiger charge is 2.21. The molecule has 2 heterocycles. The summed E-state index contributed by atoms with van der Waals surface area (Å²) in [4.78, 5) is 23.6. The van der Waals surface area contributed by atoms with Gasteiger partial charge in [-0.3, -0.25) is 0 Å². The molecular weight excluding hydrogens is 280 g/mol. The van der Waals surface area contributed by atoms with Crippen molar-refractivity contribution < 1.29 is 9.53 Å². The molecule has 0 bridgehead atoms. The molecule has 0 atom stereocenters. The quantitative estimate of drug-likeness (QED) is 0.822. The zero-order valence-electron chi connectivity index (χ0n) is 13.5. The van der Waals surface area contributed by atoms with Gasteiger partial charge in [-0.15, -0.1) is 0 Å². The first-order valence-electron chi connectivity index (χ1n) is 7.03. The number of carbonyl (C=O) groups is 1. The molecule has 1 N–H and O–H groups in total. The van der Waals surface area contributed by atoms with Crippen molar-refractivity contribution in [3.05, 3.63) is 35.4 Å². The van der Waals surface area contributed by atoms with E-state index in [9.17, 15) is 4.79 Å². The van der Waals surface area contributed by atoms with E-state index in [-0.39, 0.29) is 0 Å². The van der Waals surface area contributed by atoms with Crippen molar-refractivity contribution in [2.75, 3.05) is 0 Å². The summed E-state index contributed by atoms with van der Waals surface area (Å²) in [7, 11) is 0. The first-order chi connectivity index (χ1) is 10.3. The molecule has 0 unspecified atom stereocenters. The summed E-state index contributed by atoms with van der Waals surface area (Å²) in [6, 6.07) is 0. The number of ether oxygens (including phenoxy) is 1. The van der Waals surface area contributed by atoms with Crippen molar-refractivity contribution >= 4 is 6.09 Å². The lowest BCUT2D eigenvalue weighted by Gasteiger charge is -2.20. The number of hydrogen-bond donors (Lipinski definition) is 1. The normalized spacial score (nSPS) is 11.0. The predicted molar refractivity (Wildman–Crippen MR) is 82.5 cm³/mol. The molecule has 22 heavy (non-hydrogen) atoms. The van der Waals surface area contributed by atoms with Crippen LogP contribution >= 0.6 is 0 Å². The lowest BCUT2D eigenvalue weighted by atomic mass is 10.2. The molecule has 6 nitrogen and oxygen atoms in total. The zero-order chi connectivity index (χ0) is 16.3. The van der Waals surface area contributed by atoms with E-state index in [4.69, 9.17) is 4.74 Å². The molecule has 0 fully saturated rings. The van der Waals surface area contributed by atoms with Crippen LogP contribution in [0.2, 0.25) is 0 Å². The van der Waals surface area contributed by atoms with Crippen molar-refractivity contribution in [3.63, 3.8) is 0 Å². The topological polar surface area (TPSA) is 72.8 Å². The number of hydrogen-bond acceptors (Lipinski definition) is 4. The number of aromatic nitrogens is 4. The Morgan fingerprint density at radius 2 is 2.05 bits per heavy atom. The molecule has 2 aromatic rings. The van der Waals surface area contributed by atoms with Crippen LogP contribution in [0.5, 0.6) is 0 Å². The molecule has 0 spiro atoms. The minimum absolute atomic E-state index is 0.468. The average Bonchev–Trinajstić information content (AvgIpc) is 2.94. The van der Waals surface area contributed by atoms with Gasteiger partial charge in [-0.05, 0) is 40.5 Å². The van der Waals surface area contributed by atoms with Crippen molar-refractivity contribution in [1.82, 2.24) is 19.5 Å². The molecule has 0 saturated heterocycles. The van der Waals surface area contributed by atoms with E-state index in [0.29, 0.717) is 17.9 Å². The molecule has 6 heteroatoms. The summed E-state index contributed by atoms with van der Waals surface area (Å²) in [6.07, 6.45) is 3.38. The zero-order valence-corrected chi connectivity index (χ0v) is 13.5. The number of H-pyrrole nitrogens is 1. The van der Waals surface area contributed by atoms with Crippen LogP contribution in [0.15, 0.2) is 12.4 Å². The second kappa shape index (κ2) is 6.06. The Balaban J connectivity index is 2.18. The number of rotatable bonds is 1. The molecular formula is C16H20N4O2. The smallest absolute Gasteiger partial charge is 0.421 e. The largest absolute Gasteiger partial charge is 0.443 e. The molecule has 116 valence electrons. The minimum Gasteiger partial charge on any atom is -0.443 e. The summed E-state index contributed by atoms with van der Waals surface area (Å²) in [6.45, 7) is 9.10. The van der Waals surface area contributed by atoms with Gasteiger partial charge in [-0.2, -0.15) is 0 Å². The Kier molecular flexibility index (Phi) is 4.36. The van der Waals surface area contributed by atoms with E-state index in [2.05, 4.69) is 26.8 Å². The summed E-state index contributed by atoms with van der Waals surface area (Å²) >= 11 is 0. The third-order valence-corrected chi connectivity index (χ3v) is 2.77. The summed E-state index contributed by atoms with van der Waals surface area (Å²) in [5.41, 5.74) is 0.888. The van der Waals surface area contributed by atoms with Gasteiger partial charge in [0.1, 0.15) is 22.9 Å². The van der Waals surface area contributed by atoms with Crippen LogP contribution < -0.4 is 0 Å². The standard InChI is InChI=1S/C16H20N4O2/c1-11-17-9-13(19-11)7-6-8-14-10-18-12(2)20(14)15(21)22-16(3,4)5/h9-10H,7H2,1-5H3,(H,17,19). The highest BCUT2D eigenvalue weighted by molar-refractivity contribution is 5.73. The minimum atomic E-state index is -0.564. The van der Waals surface area contributed by atoms with Crippen LogP contribution in [-0.4, -0.2) is 31.2 Å². The SMILES string of the molecule is Cc1ncc(CC#Cc2cnc(C)n2C(=O)OC(C)(C)C)[nH]1. The van der Waals surface area contributed by atoms with E-state index in [0.717, 1.165) is 11.5 Å². The first-order valence-corrected chi connectivity index (χ1v) is 7.03. The van der Waals surface area contributed by atoms with Gasteiger partial charge in [-0.1, -0.05) is 5.92 Å². The monoisotopic (exact) mass is 300 g/mol. The summed E-state index contributed by atoms with van der Waals surface area (Å²) < 4.78 is 6.76. The fourth-order valence-corrected chi connectivity index (χ4v) is 1.86. The fourth-order valence-electron chi connectivity index (χ4n) is 1.86. The van der Waals surface area contributed by atoms with Gasteiger partial charge in [0.25, 0.3) is 0 Å². The molecule has 2 rings (SSSR count). The number of imidazole rings is 2. The maximum atomic E-state index is 12.2. The van der Waals surface area contributed by atoms with Crippen LogP contribution in [0.3, 0.4) is 0 Å². The van der Waals surface area contributed by atoms with Crippen molar-refractivity contribution in [1.29, 1.82) is 0 Å². The number of aromatic amines is 1. The van der Waals surface area contributed by atoms with Crippen LogP contribution in [-0.2, 0) is 11.2 Å². The molecule has 0 saturated carbocycles. The lowest BCUT2D eigenvalue weighted by molar-refractivity contribution is 0.0532. The van der Waals surface area contributed by atoms with Gasteiger partial charge in [0.15, 0.2) is 0 Å². The Hall–Kier alpha value is -2.55. The van der Waals surface area contributed by atoms with E-state index in [1.54, 1.807) is 19.3 Å². The first kappa shape index (κ1) is 15.8. The Labute approximate surface area is 129 Å². The number of aryl methyl sites for hydroxylation is 2. The van der Waals surface area contributed by atoms with Gasteiger partial charge >= 0.3 is 6.09 Å². The van der Waals surface area contributed by atoms with Crippen LogP contribution in [0.25, 0.3) is 0 Å². The maximum absolute atomic E-state index is 12.2. The Morgan fingerprint density at radius 1 is 1.32 bits per heavy atom. The van der Waals surface area contributed by atoms with Gasteiger partial charge in [0.2, 0.25) is 0 Å². The van der Waals surface area contributed by atoms with Crippen LogP contribution in [0.4, 0.5) is 4.79 Å². The molecule has 2 aromatic heterocycles. The van der Waals surface area contributed by atoms with E-state index >= 15 is 0 Å². The van der Waals surface area contributed by atoms with Gasteiger partial charge in [0.05, 0.1) is 12.6 Å². The maximum Gasteiger partial charge on any atom is 0.421 e. The molecule has 0 amide bonds. The van der Waals surface area contributed by atoms with Gasteiger partial charge in [-0.25, -0.2) is 19.3 Å². The highest BCUT2D eigenvalue weighted by Crippen LogP contribution is 2.12. The van der Waals surface area contributed by atoms with E-state index in [1.165, 1.54) is 4.57 Å². The summed E-state index contributed by atoms with van der Waals surface area (Å²) in [5.74, 6) is 7.38. The average molecular weight is 300 g/mol. The summed E-state index contributed by atoms with van der Waals surface area (Å²) in [5, 5.41) is 0. The second-order valence-corrected chi connectivity index (χ2v) is 5.98. The third-order valence-electron chi connectivity index (χ3n) is 2.77. The second-order valence-electron chi connectivity index (χ2n) is 5.98. The predicted octanol–water partition coefficient (Wildman–Crippen LogP) is 2.60. The van der Waals surface area contributed by atoms with Gasteiger partial charge in [0, 0.05) is 11.9 Å². The Morgan fingerprint density at radius 3 is 2.64 bits per heavy atom. The highest BCUT2D eigenvalue weighted by atomic mass is 16.6. The Bertz CT molecular complexity index is 738. The number of carbonyl (C=O) groups excluding carboxylic acids is 1. The van der Waals surface area contributed by atoms with E-state index < -0.39 is 11.7 Å². The fraction of sp³-hybridized carbons (Fsp3) is 0.438. The van der Waals surface area contributed by atoms with Crippen LogP contribution in [0, 0.1) is 25.7 Å². The van der Waals surface area contributed by atoms with Crippen molar-refractivity contribution in [2.45, 2.75) is 46.6 Å². The van der Waals surface area contributed by atoms with Gasteiger partial charge < -0.3 is 9.72 Å². The van der Waals surface area contributed by atoms with E-state index in [1.807, 2.05) is 27.7 Å². The molecule has 0 aliphatic heterocycles. The van der Waals surface area contributed by atoms with Crippen molar-refractivity contribution in [3.8, 4) is 11.8 Å². The molecule has 0 aromatic carbocycles.